The average Bonchev–Trinajstić information content (AvgIpc) is 2.94. The third kappa shape index (κ3) is 4.79. The van der Waals surface area contributed by atoms with Crippen molar-refractivity contribution in [2.24, 2.45) is 0 Å². The van der Waals surface area contributed by atoms with Crippen LogP contribution < -0.4 is 4.90 Å². The van der Waals surface area contributed by atoms with E-state index < -0.39 is 5.97 Å². The van der Waals surface area contributed by atoms with Gasteiger partial charge in [-0.1, -0.05) is 12.1 Å². The summed E-state index contributed by atoms with van der Waals surface area (Å²) in [4.78, 5) is 42.7. The number of rotatable bonds is 7. The highest BCUT2D eigenvalue weighted by Crippen LogP contribution is 2.19. The van der Waals surface area contributed by atoms with Gasteiger partial charge in [-0.25, -0.2) is 4.79 Å². The van der Waals surface area contributed by atoms with Crippen LogP contribution in [0.25, 0.3) is 0 Å². The molecule has 1 heterocycles. The van der Waals surface area contributed by atoms with Gasteiger partial charge < -0.3 is 19.5 Å². The predicted molar refractivity (Wildman–Crippen MR) is 108 cm³/mol. The number of likely N-dealkylation sites (N-methyl/N-ethyl adjacent to an activating group) is 1. The molecule has 0 aliphatic rings. The molecule has 0 fully saturated rings. The minimum atomic E-state index is -0.648. The van der Waals surface area contributed by atoms with E-state index in [2.05, 4.69) is 4.98 Å². The molecule has 0 bridgehead atoms. The molecule has 0 saturated heterocycles. The minimum Gasteiger partial charge on any atom is -0.451 e. The molecular weight excluding hydrogens is 358 g/mol. The van der Waals surface area contributed by atoms with Crippen molar-refractivity contribution < 1.29 is 19.1 Å². The first-order valence-electron chi connectivity index (χ1n) is 8.99. The number of aromatic amines is 1. The quantitative estimate of drug-likeness (QED) is 0.585. The molecule has 0 radical (unpaired) electrons. The van der Waals surface area contributed by atoms with E-state index in [1.807, 2.05) is 43.3 Å². The number of aromatic nitrogens is 1. The molecule has 0 atom stereocenters. The van der Waals surface area contributed by atoms with Gasteiger partial charge in [0.15, 0.2) is 12.4 Å². The molecule has 2 rings (SSSR count). The summed E-state index contributed by atoms with van der Waals surface area (Å²) in [5, 5.41) is 0. The van der Waals surface area contributed by atoms with E-state index in [0.717, 1.165) is 11.3 Å². The molecule has 1 aromatic heterocycles. The summed E-state index contributed by atoms with van der Waals surface area (Å²) >= 11 is 0. The maximum atomic E-state index is 12.3. The number of ketones is 1. The number of amides is 1. The Morgan fingerprint density at radius 3 is 2.14 bits per heavy atom. The van der Waals surface area contributed by atoms with Crippen LogP contribution in [0.3, 0.4) is 0 Å². The lowest BCUT2D eigenvalue weighted by atomic mass is 10.1. The van der Waals surface area contributed by atoms with Crippen LogP contribution in [-0.2, 0) is 16.1 Å². The zero-order valence-corrected chi connectivity index (χ0v) is 17.3. The number of hydrogen-bond donors (Lipinski definition) is 1. The number of nitrogens with one attached hydrogen (secondary N) is 1. The van der Waals surface area contributed by atoms with Crippen LogP contribution in [0.2, 0.25) is 0 Å². The van der Waals surface area contributed by atoms with Crippen LogP contribution in [-0.4, -0.2) is 55.3 Å². The second kappa shape index (κ2) is 8.73. The largest absolute Gasteiger partial charge is 0.451 e. The van der Waals surface area contributed by atoms with Crippen LogP contribution in [0, 0.1) is 13.8 Å². The fraction of sp³-hybridized carbons (Fsp3) is 0.381. The van der Waals surface area contributed by atoms with E-state index >= 15 is 0 Å². The molecule has 28 heavy (non-hydrogen) atoms. The molecule has 0 aliphatic heterocycles. The summed E-state index contributed by atoms with van der Waals surface area (Å²) in [6, 6.07) is 7.88. The number of carbonyl (C=O) groups excluding carboxylic acids is 3. The first kappa shape index (κ1) is 21.2. The Morgan fingerprint density at radius 2 is 1.64 bits per heavy atom. The van der Waals surface area contributed by atoms with Crippen LogP contribution in [0.1, 0.15) is 44.6 Å². The number of esters is 1. The lowest BCUT2D eigenvalue weighted by molar-refractivity contribution is -0.133. The zero-order valence-electron chi connectivity index (χ0n) is 17.3. The standard InChI is InChI=1S/C21H27N3O4/c1-13-19(15(3)25)14(2)22-20(13)21(27)28-12-18(26)24(6)11-16-7-9-17(10-8-16)23(4)5/h7-10,22H,11-12H2,1-6H3. The number of H-pyrrole nitrogens is 1. The summed E-state index contributed by atoms with van der Waals surface area (Å²) in [5.41, 5.74) is 3.90. The SMILES string of the molecule is CC(=O)c1c(C)[nH]c(C(=O)OCC(=O)N(C)Cc2ccc(N(C)C)cc2)c1C. The van der Waals surface area contributed by atoms with Crippen molar-refractivity contribution in [3.8, 4) is 0 Å². The Morgan fingerprint density at radius 1 is 1.04 bits per heavy atom. The van der Waals surface area contributed by atoms with Gasteiger partial charge in [0.05, 0.1) is 0 Å². The van der Waals surface area contributed by atoms with Gasteiger partial charge in [0.1, 0.15) is 5.69 Å². The molecule has 7 heteroatoms. The fourth-order valence-electron chi connectivity index (χ4n) is 3.05. The van der Waals surface area contributed by atoms with Crippen molar-refractivity contribution in [2.75, 3.05) is 32.6 Å². The molecule has 1 N–H and O–H groups in total. The number of aryl methyl sites for hydroxylation is 1. The van der Waals surface area contributed by atoms with Crippen LogP contribution in [0.4, 0.5) is 5.69 Å². The normalized spacial score (nSPS) is 10.5. The Bertz CT molecular complexity index is 882. The van der Waals surface area contributed by atoms with Gasteiger partial charge in [-0.3, -0.25) is 9.59 Å². The van der Waals surface area contributed by atoms with Gasteiger partial charge in [0.25, 0.3) is 5.91 Å². The van der Waals surface area contributed by atoms with Gasteiger partial charge in [-0.15, -0.1) is 0 Å². The van der Waals surface area contributed by atoms with E-state index in [1.165, 1.54) is 11.8 Å². The smallest absolute Gasteiger partial charge is 0.355 e. The zero-order chi connectivity index (χ0) is 21.0. The Kier molecular flexibility index (Phi) is 6.62. The van der Waals surface area contributed by atoms with E-state index in [0.29, 0.717) is 23.4 Å². The van der Waals surface area contributed by atoms with E-state index in [-0.39, 0.29) is 24.0 Å². The van der Waals surface area contributed by atoms with Crippen molar-refractivity contribution in [3.05, 3.63) is 52.3 Å². The monoisotopic (exact) mass is 385 g/mol. The maximum absolute atomic E-state index is 12.3. The summed E-state index contributed by atoms with van der Waals surface area (Å²) in [7, 11) is 5.59. The number of Topliss-reactive ketones (excluding diaryl/α,β-unsaturated/α-hetero) is 1. The Balaban J connectivity index is 1.95. The van der Waals surface area contributed by atoms with Crippen LogP contribution in [0.15, 0.2) is 24.3 Å². The highest BCUT2D eigenvalue weighted by molar-refractivity contribution is 6.01. The molecular formula is C21H27N3O4. The Hall–Kier alpha value is -3.09. The molecule has 150 valence electrons. The number of benzene rings is 1. The lowest BCUT2D eigenvalue weighted by Crippen LogP contribution is -2.31. The first-order chi connectivity index (χ1) is 13.1. The number of carbonyl (C=O) groups is 3. The molecule has 1 aromatic carbocycles. The first-order valence-corrected chi connectivity index (χ1v) is 8.99. The fourth-order valence-corrected chi connectivity index (χ4v) is 3.05. The molecule has 0 saturated carbocycles. The number of hydrogen-bond acceptors (Lipinski definition) is 5. The third-order valence-electron chi connectivity index (χ3n) is 4.62. The molecule has 0 aliphatic carbocycles. The summed E-state index contributed by atoms with van der Waals surface area (Å²) in [5.74, 6) is -1.08. The molecule has 1 amide bonds. The van der Waals surface area contributed by atoms with E-state index in [1.54, 1.807) is 20.9 Å². The summed E-state index contributed by atoms with van der Waals surface area (Å²) in [6.07, 6.45) is 0. The van der Waals surface area contributed by atoms with Crippen molar-refractivity contribution in [2.45, 2.75) is 27.3 Å². The van der Waals surface area contributed by atoms with Crippen molar-refractivity contribution in [3.63, 3.8) is 0 Å². The van der Waals surface area contributed by atoms with E-state index in [4.69, 9.17) is 4.74 Å². The van der Waals surface area contributed by atoms with Gasteiger partial charge >= 0.3 is 5.97 Å². The van der Waals surface area contributed by atoms with Crippen LogP contribution >= 0.6 is 0 Å². The highest BCUT2D eigenvalue weighted by Gasteiger charge is 2.22. The number of nitrogens with zero attached hydrogens (tertiary/aromatic N) is 2. The van der Waals surface area contributed by atoms with Gasteiger partial charge in [-0.05, 0) is 44.0 Å². The Labute approximate surface area is 165 Å². The molecule has 0 unspecified atom stereocenters. The maximum Gasteiger partial charge on any atom is 0.355 e. The van der Waals surface area contributed by atoms with Crippen molar-refractivity contribution >= 4 is 23.3 Å². The molecule has 7 nitrogen and oxygen atoms in total. The second-order valence-electron chi connectivity index (χ2n) is 7.07. The van der Waals surface area contributed by atoms with Crippen LogP contribution in [0.5, 0.6) is 0 Å². The second-order valence-corrected chi connectivity index (χ2v) is 7.07. The number of anilines is 1. The van der Waals surface area contributed by atoms with Crippen molar-refractivity contribution in [1.29, 1.82) is 0 Å². The lowest BCUT2D eigenvalue weighted by Gasteiger charge is -2.18. The van der Waals surface area contributed by atoms with Crippen molar-refractivity contribution in [1.82, 2.24) is 9.88 Å². The average molecular weight is 385 g/mol. The summed E-state index contributed by atoms with van der Waals surface area (Å²) in [6.45, 7) is 4.91. The predicted octanol–water partition coefficient (Wildman–Crippen LogP) is 2.72. The van der Waals surface area contributed by atoms with Gasteiger partial charge in [-0.2, -0.15) is 0 Å². The van der Waals surface area contributed by atoms with Gasteiger partial charge in [0, 0.05) is 44.6 Å². The summed E-state index contributed by atoms with van der Waals surface area (Å²) < 4.78 is 5.15. The molecule has 0 spiro atoms. The molecule has 2 aromatic rings. The third-order valence-corrected chi connectivity index (χ3v) is 4.62. The topological polar surface area (TPSA) is 82.7 Å². The highest BCUT2D eigenvalue weighted by atomic mass is 16.5. The number of ether oxygens (including phenoxy) is 1. The van der Waals surface area contributed by atoms with Gasteiger partial charge in [0.2, 0.25) is 0 Å². The van der Waals surface area contributed by atoms with E-state index in [9.17, 15) is 14.4 Å². The minimum absolute atomic E-state index is 0.124.